The summed E-state index contributed by atoms with van der Waals surface area (Å²) in [5, 5.41) is 6.43. The van der Waals surface area contributed by atoms with Gasteiger partial charge in [0.15, 0.2) is 0 Å². The van der Waals surface area contributed by atoms with E-state index in [-0.39, 0.29) is 5.69 Å². The lowest BCUT2D eigenvalue weighted by molar-refractivity contribution is -0.133. The van der Waals surface area contributed by atoms with Crippen molar-refractivity contribution >= 4 is 67.5 Å². The Hall–Kier alpha value is -3.82. The van der Waals surface area contributed by atoms with Crippen molar-refractivity contribution in [1.82, 2.24) is 4.68 Å². The Bertz CT molecular complexity index is 1440. The summed E-state index contributed by atoms with van der Waals surface area (Å²) >= 11 is 9.48. The van der Waals surface area contributed by atoms with Crippen molar-refractivity contribution in [2.45, 2.75) is 19.8 Å². The van der Waals surface area contributed by atoms with Gasteiger partial charge in [-0.3, -0.25) is 19.8 Å². The summed E-state index contributed by atoms with van der Waals surface area (Å²) in [5.74, 6) is -1.65. The van der Waals surface area contributed by atoms with Gasteiger partial charge in [0.05, 0.1) is 12.1 Å². The Kier molecular flexibility index (Phi) is 8.47. The van der Waals surface area contributed by atoms with Crippen LogP contribution in [0.4, 0.5) is 11.4 Å². The summed E-state index contributed by atoms with van der Waals surface area (Å²) < 4.78 is 7.75. The zero-order valence-corrected chi connectivity index (χ0v) is 22.2. The van der Waals surface area contributed by atoms with Gasteiger partial charge in [-0.1, -0.05) is 40.9 Å². The molecule has 0 saturated carbocycles. The average molecular weight is 584 g/mol. The molecule has 0 bridgehead atoms. The van der Waals surface area contributed by atoms with Gasteiger partial charge in [0.2, 0.25) is 0 Å². The van der Waals surface area contributed by atoms with Crippen LogP contribution in [0, 0.1) is 0 Å². The summed E-state index contributed by atoms with van der Waals surface area (Å²) in [6.07, 6.45) is 1.97. The number of fused-ring (bicyclic) bond motifs is 1. The van der Waals surface area contributed by atoms with Gasteiger partial charge in [0, 0.05) is 26.3 Å². The number of nitrogens with one attached hydrogen (secondary N) is 3. The minimum Gasteiger partial charge on any atom is -0.494 e. The summed E-state index contributed by atoms with van der Waals surface area (Å²) in [6.45, 7) is 2.69. The molecule has 37 heavy (non-hydrogen) atoms. The number of halogens is 2. The number of hydrogen-bond acceptors (Lipinski definition) is 4. The number of benzene rings is 3. The molecule has 0 spiro atoms. The highest BCUT2D eigenvalue weighted by molar-refractivity contribution is 9.10. The maximum Gasteiger partial charge on any atom is 0.328 e. The summed E-state index contributed by atoms with van der Waals surface area (Å²) in [4.78, 5) is 38.5. The number of carbonyl (C=O) groups excluding carboxylic acids is 3. The Morgan fingerprint density at radius 2 is 1.57 bits per heavy atom. The van der Waals surface area contributed by atoms with Crippen molar-refractivity contribution in [2.75, 3.05) is 22.7 Å². The van der Waals surface area contributed by atoms with Gasteiger partial charge >= 0.3 is 11.8 Å². The van der Waals surface area contributed by atoms with Gasteiger partial charge in [0.1, 0.15) is 11.4 Å². The molecule has 3 N–H and O–H groups in total. The zero-order valence-electron chi connectivity index (χ0n) is 19.9. The fourth-order valence-corrected chi connectivity index (χ4v) is 3.96. The molecule has 0 aliphatic rings. The summed E-state index contributed by atoms with van der Waals surface area (Å²) in [7, 11) is 0. The third-order valence-corrected chi connectivity index (χ3v) is 6.16. The number of hydrogen-bond donors (Lipinski definition) is 3. The van der Waals surface area contributed by atoms with Crippen molar-refractivity contribution in [2.24, 2.45) is 0 Å². The van der Waals surface area contributed by atoms with E-state index < -0.39 is 17.7 Å². The van der Waals surface area contributed by atoms with E-state index in [1.54, 1.807) is 72.8 Å². The van der Waals surface area contributed by atoms with Crippen LogP contribution < -0.4 is 20.8 Å². The minimum atomic E-state index is -0.951. The van der Waals surface area contributed by atoms with Crippen LogP contribution in [0.3, 0.4) is 0 Å². The van der Waals surface area contributed by atoms with Gasteiger partial charge in [-0.2, -0.15) is 0 Å². The number of unbranched alkanes of at least 4 members (excludes halogenated alkanes) is 1. The van der Waals surface area contributed by atoms with Crippen LogP contribution >= 0.6 is 27.5 Å². The molecule has 0 saturated heterocycles. The number of amides is 3. The van der Waals surface area contributed by atoms with E-state index >= 15 is 0 Å². The Morgan fingerprint density at radius 1 is 0.892 bits per heavy atom. The molecular weight excluding hydrogens is 560 g/mol. The van der Waals surface area contributed by atoms with Crippen LogP contribution in [0.1, 0.15) is 30.3 Å². The van der Waals surface area contributed by atoms with Gasteiger partial charge in [-0.15, -0.1) is 0 Å². The standard InChI is InChI=1S/C27H24BrClN4O4/c1-2-3-14-37-22-11-9-21(10-12-22)31-26(35)27(36)32-33-23-13-6-19(29)15-17(23)16-24(33)25(34)30-20-7-4-18(28)5-8-20/h4-13,15-16H,2-3,14H2,1H3,(H,30,34)(H,31,35)(H,32,36). The van der Waals surface area contributed by atoms with E-state index in [0.717, 1.165) is 17.3 Å². The molecule has 190 valence electrons. The van der Waals surface area contributed by atoms with Gasteiger partial charge < -0.3 is 15.4 Å². The first-order chi connectivity index (χ1) is 17.8. The molecular formula is C27H24BrClN4O4. The quantitative estimate of drug-likeness (QED) is 0.170. The molecule has 4 rings (SSSR count). The third kappa shape index (κ3) is 6.69. The molecule has 0 aliphatic heterocycles. The number of ether oxygens (including phenoxy) is 1. The molecule has 10 heteroatoms. The van der Waals surface area contributed by atoms with Crippen LogP contribution in [0.5, 0.6) is 5.75 Å². The molecule has 0 atom stereocenters. The number of carbonyl (C=O) groups is 3. The average Bonchev–Trinajstić information content (AvgIpc) is 3.23. The van der Waals surface area contributed by atoms with E-state index in [4.69, 9.17) is 16.3 Å². The molecule has 4 aromatic rings. The van der Waals surface area contributed by atoms with Crippen LogP contribution in [0.15, 0.2) is 77.3 Å². The van der Waals surface area contributed by atoms with Crippen molar-refractivity contribution < 1.29 is 19.1 Å². The molecule has 1 heterocycles. The third-order valence-electron chi connectivity index (χ3n) is 5.40. The lowest BCUT2D eigenvalue weighted by Gasteiger charge is -2.13. The lowest BCUT2D eigenvalue weighted by Crippen LogP contribution is -2.36. The molecule has 0 fully saturated rings. The Labute approximate surface area is 227 Å². The second-order valence-corrected chi connectivity index (χ2v) is 9.50. The highest BCUT2D eigenvalue weighted by atomic mass is 79.9. The molecule has 0 aliphatic carbocycles. The maximum atomic E-state index is 13.1. The van der Waals surface area contributed by atoms with Crippen molar-refractivity contribution in [1.29, 1.82) is 0 Å². The zero-order chi connectivity index (χ0) is 26.4. The first-order valence-corrected chi connectivity index (χ1v) is 12.7. The van der Waals surface area contributed by atoms with Crippen LogP contribution in [-0.2, 0) is 9.59 Å². The molecule has 3 aromatic carbocycles. The highest BCUT2D eigenvalue weighted by Gasteiger charge is 2.21. The van der Waals surface area contributed by atoms with E-state index in [1.165, 1.54) is 4.68 Å². The van der Waals surface area contributed by atoms with E-state index in [9.17, 15) is 14.4 Å². The monoisotopic (exact) mass is 582 g/mol. The predicted molar refractivity (Wildman–Crippen MR) is 149 cm³/mol. The largest absolute Gasteiger partial charge is 0.494 e. The maximum absolute atomic E-state index is 13.1. The van der Waals surface area contributed by atoms with Crippen LogP contribution in [0.25, 0.3) is 10.9 Å². The highest BCUT2D eigenvalue weighted by Crippen LogP contribution is 2.24. The normalized spacial score (nSPS) is 10.7. The fraction of sp³-hybridized carbons (Fsp3) is 0.148. The van der Waals surface area contributed by atoms with Gasteiger partial charge in [-0.25, -0.2) is 4.68 Å². The van der Waals surface area contributed by atoms with E-state index in [1.807, 2.05) is 0 Å². The van der Waals surface area contributed by atoms with Gasteiger partial charge in [-0.05, 0) is 79.2 Å². The summed E-state index contributed by atoms with van der Waals surface area (Å²) in [5.41, 5.74) is 4.14. The van der Waals surface area contributed by atoms with E-state index in [2.05, 4.69) is 38.9 Å². The van der Waals surface area contributed by atoms with E-state index in [0.29, 0.717) is 39.7 Å². The molecule has 0 radical (unpaired) electrons. The van der Waals surface area contributed by atoms with Crippen molar-refractivity contribution in [3.05, 3.63) is 88.0 Å². The number of anilines is 2. The topological polar surface area (TPSA) is 101 Å². The molecule has 1 aromatic heterocycles. The molecule has 3 amide bonds. The Morgan fingerprint density at radius 3 is 2.27 bits per heavy atom. The first kappa shape index (κ1) is 26.2. The number of aromatic nitrogens is 1. The first-order valence-electron chi connectivity index (χ1n) is 11.6. The van der Waals surface area contributed by atoms with Crippen molar-refractivity contribution in [3.8, 4) is 5.75 Å². The SMILES string of the molecule is CCCCOc1ccc(NC(=O)C(=O)Nn2c(C(=O)Nc3ccc(Br)cc3)cc3cc(Cl)ccc32)cc1. The van der Waals surface area contributed by atoms with Crippen LogP contribution in [0.2, 0.25) is 5.02 Å². The summed E-state index contributed by atoms with van der Waals surface area (Å²) in [6, 6.07) is 20.3. The minimum absolute atomic E-state index is 0.120. The van der Waals surface area contributed by atoms with Gasteiger partial charge in [0.25, 0.3) is 5.91 Å². The smallest absolute Gasteiger partial charge is 0.328 e. The molecule has 0 unspecified atom stereocenters. The second kappa shape index (κ2) is 11.9. The molecule has 8 nitrogen and oxygen atoms in total. The Balaban J connectivity index is 1.51. The number of nitrogens with zero attached hydrogens (tertiary/aromatic N) is 1. The second-order valence-electron chi connectivity index (χ2n) is 8.15. The predicted octanol–water partition coefficient (Wildman–Crippen LogP) is 6.20. The van der Waals surface area contributed by atoms with Crippen LogP contribution in [-0.4, -0.2) is 29.0 Å². The van der Waals surface area contributed by atoms with Crippen molar-refractivity contribution in [3.63, 3.8) is 0 Å². The lowest BCUT2D eigenvalue weighted by atomic mass is 10.2. The number of rotatable bonds is 8. The fourth-order valence-electron chi connectivity index (χ4n) is 3.51.